The summed E-state index contributed by atoms with van der Waals surface area (Å²) in [4.78, 5) is 0. The largest absolute Gasteiger partial charge is 0.370 e. The fourth-order valence-corrected chi connectivity index (χ4v) is 3.30. The summed E-state index contributed by atoms with van der Waals surface area (Å²) < 4.78 is 0. The van der Waals surface area contributed by atoms with Gasteiger partial charge in [-0.05, 0) is 48.4 Å². The van der Waals surface area contributed by atoms with Crippen LogP contribution in [0.3, 0.4) is 0 Å². The van der Waals surface area contributed by atoms with Crippen LogP contribution in [0.1, 0.15) is 25.0 Å². The Bertz CT molecular complexity index is 885. The molecule has 1 aliphatic rings. The Balaban J connectivity index is 0.00000101. The van der Waals surface area contributed by atoms with Gasteiger partial charge < -0.3 is 10.6 Å². The van der Waals surface area contributed by atoms with Crippen LogP contribution >= 0.6 is 23.2 Å². The fraction of sp³-hybridized carbons (Fsp3) is 0.304. The molecule has 0 saturated carbocycles. The molecule has 0 fully saturated rings. The molecule has 0 aliphatic carbocycles. The van der Waals surface area contributed by atoms with Crippen LogP contribution in [-0.2, 0) is 6.42 Å². The van der Waals surface area contributed by atoms with E-state index in [0.29, 0.717) is 0 Å². The van der Waals surface area contributed by atoms with Crippen molar-refractivity contribution in [1.29, 1.82) is 5.26 Å². The number of halogens is 2. The van der Waals surface area contributed by atoms with E-state index < -0.39 is 0 Å². The van der Waals surface area contributed by atoms with Crippen molar-refractivity contribution in [1.82, 2.24) is 15.6 Å². The number of hydrazone groups is 1. The van der Waals surface area contributed by atoms with Crippen molar-refractivity contribution in [3.63, 3.8) is 0 Å². The standard InChI is InChI=1S/C21H24Cl2N4.C2H3N/c1-3-24-20-14-27(26-21(20)17-6-10-19(23)11-7-17)15(2)25-13-12-16-4-8-18(22)9-5-16;1-2-3/h4-11,20,24-25H,2-3,12-14H2,1H3;1H3. The van der Waals surface area contributed by atoms with Crippen LogP contribution in [-0.4, -0.2) is 36.4 Å². The molecule has 5 nitrogen and oxygen atoms in total. The van der Waals surface area contributed by atoms with Crippen molar-refractivity contribution in [2.24, 2.45) is 5.10 Å². The lowest BCUT2D eigenvalue weighted by Gasteiger charge is -2.20. The first-order chi connectivity index (χ1) is 14.5. The molecule has 158 valence electrons. The van der Waals surface area contributed by atoms with Crippen molar-refractivity contribution in [3.05, 3.63) is 82.1 Å². The Morgan fingerprint density at radius 2 is 1.73 bits per heavy atom. The molecule has 0 saturated heterocycles. The zero-order chi connectivity index (χ0) is 21.9. The van der Waals surface area contributed by atoms with Crippen molar-refractivity contribution in [2.75, 3.05) is 19.6 Å². The van der Waals surface area contributed by atoms with E-state index in [1.807, 2.05) is 53.5 Å². The average Bonchev–Trinajstić information content (AvgIpc) is 3.15. The van der Waals surface area contributed by atoms with Crippen molar-refractivity contribution < 1.29 is 0 Å². The van der Waals surface area contributed by atoms with Gasteiger partial charge >= 0.3 is 0 Å². The molecule has 1 heterocycles. The monoisotopic (exact) mass is 443 g/mol. The molecular formula is C23H27Cl2N5. The van der Waals surface area contributed by atoms with Gasteiger partial charge in [0.05, 0.1) is 24.4 Å². The van der Waals surface area contributed by atoms with E-state index >= 15 is 0 Å². The molecule has 0 aromatic heterocycles. The first-order valence-electron chi connectivity index (χ1n) is 9.81. The number of benzene rings is 2. The molecule has 3 rings (SSSR count). The third-order valence-electron chi connectivity index (χ3n) is 4.47. The molecule has 0 amide bonds. The van der Waals surface area contributed by atoms with Crippen molar-refractivity contribution >= 4 is 28.9 Å². The fourth-order valence-electron chi connectivity index (χ4n) is 3.05. The molecule has 1 aliphatic heterocycles. The summed E-state index contributed by atoms with van der Waals surface area (Å²) in [5.41, 5.74) is 3.31. The highest BCUT2D eigenvalue weighted by molar-refractivity contribution is 6.30. The number of rotatable bonds is 8. The third kappa shape index (κ3) is 7.07. The Labute approximate surface area is 189 Å². The number of hydrogen-bond donors (Lipinski definition) is 2. The van der Waals surface area contributed by atoms with Crippen molar-refractivity contribution in [2.45, 2.75) is 26.3 Å². The van der Waals surface area contributed by atoms with E-state index in [9.17, 15) is 0 Å². The minimum atomic E-state index is 0.158. The highest BCUT2D eigenvalue weighted by Gasteiger charge is 2.28. The van der Waals surface area contributed by atoms with Crippen LogP contribution in [0, 0.1) is 11.3 Å². The Hall–Kier alpha value is -2.52. The van der Waals surface area contributed by atoms with Gasteiger partial charge in [0.15, 0.2) is 0 Å². The highest BCUT2D eigenvalue weighted by Crippen LogP contribution is 2.19. The second-order valence-corrected chi connectivity index (χ2v) is 7.53. The number of nitrogens with zero attached hydrogens (tertiary/aromatic N) is 3. The first-order valence-corrected chi connectivity index (χ1v) is 10.6. The van der Waals surface area contributed by atoms with Gasteiger partial charge in [-0.2, -0.15) is 10.4 Å². The number of hydrogen-bond acceptors (Lipinski definition) is 5. The van der Waals surface area contributed by atoms with E-state index in [0.717, 1.165) is 53.2 Å². The lowest BCUT2D eigenvalue weighted by Crippen LogP contribution is -2.40. The summed E-state index contributed by atoms with van der Waals surface area (Å²) in [6.45, 7) is 10.1. The van der Waals surface area contributed by atoms with Crippen LogP contribution in [0.4, 0.5) is 0 Å². The molecule has 2 aromatic carbocycles. The van der Waals surface area contributed by atoms with Crippen LogP contribution < -0.4 is 10.6 Å². The summed E-state index contributed by atoms with van der Waals surface area (Å²) in [6, 6.07) is 17.6. The van der Waals surface area contributed by atoms with Gasteiger partial charge in [0, 0.05) is 23.5 Å². The summed E-state index contributed by atoms with van der Waals surface area (Å²) >= 11 is 11.9. The van der Waals surface area contributed by atoms with Crippen molar-refractivity contribution in [3.8, 4) is 6.07 Å². The molecule has 0 radical (unpaired) electrons. The van der Waals surface area contributed by atoms with Gasteiger partial charge in [-0.3, -0.25) is 0 Å². The van der Waals surface area contributed by atoms with Gasteiger partial charge in [0.1, 0.15) is 5.82 Å². The molecule has 0 spiro atoms. The second kappa shape index (κ2) is 12.2. The van der Waals surface area contributed by atoms with Crippen LogP contribution in [0.15, 0.2) is 66.0 Å². The molecule has 7 heteroatoms. The molecular weight excluding hydrogens is 417 g/mol. The highest BCUT2D eigenvalue weighted by atomic mass is 35.5. The molecule has 0 bridgehead atoms. The maximum Gasteiger partial charge on any atom is 0.115 e. The normalized spacial score (nSPS) is 15.0. The predicted octanol–water partition coefficient (Wildman–Crippen LogP) is 4.82. The Morgan fingerprint density at radius 1 is 1.17 bits per heavy atom. The molecule has 1 atom stereocenters. The van der Waals surface area contributed by atoms with Crippen LogP contribution in [0.5, 0.6) is 0 Å². The Morgan fingerprint density at radius 3 is 2.30 bits per heavy atom. The lowest BCUT2D eigenvalue weighted by molar-refractivity contribution is 0.350. The average molecular weight is 444 g/mol. The second-order valence-electron chi connectivity index (χ2n) is 6.66. The maximum atomic E-state index is 7.32. The zero-order valence-electron chi connectivity index (χ0n) is 17.3. The summed E-state index contributed by atoms with van der Waals surface area (Å²) in [7, 11) is 0. The van der Waals surface area contributed by atoms with Gasteiger partial charge in [-0.15, -0.1) is 0 Å². The quantitative estimate of drug-likeness (QED) is 0.613. The third-order valence-corrected chi connectivity index (χ3v) is 4.98. The first kappa shape index (κ1) is 23.8. The minimum Gasteiger partial charge on any atom is -0.370 e. The number of nitriles is 1. The van der Waals surface area contributed by atoms with E-state index in [2.05, 4.69) is 24.1 Å². The number of nitrogens with one attached hydrogen (secondary N) is 2. The predicted molar refractivity (Wildman–Crippen MR) is 126 cm³/mol. The molecule has 30 heavy (non-hydrogen) atoms. The van der Waals surface area contributed by atoms with E-state index in [1.165, 1.54) is 12.5 Å². The van der Waals surface area contributed by atoms with Gasteiger partial charge in [-0.1, -0.05) is 61.0 Å². The SMILES string of the molecule is C=C(NCCc1ccc(Cl)cc1)N1CC(NCC)C(c2ccc(Cl)cc2)=N1.CC#N. The minimum absolute atomic E-state index is 0.158. The molecule has 2 aromatic rings. The number of likely N-dealkylation sites (N-methyl/N-ethyl adjacent to an activating group) is 1. The van der Waals surface area contributed by atoms with Gasteiger partial charge in [0.2, 0.25) is 0 Å². The van der Waals surface area contributed by atoms with E-state index in [4.69, 9.17) is 33.6 Å². The summed E-state index contributed by atoms with van der Waals surface area (Å²) in [5, 5.41) is 22.4. The van der Waals surface area contributed by atoms with Crippen LogP contribution in [0.2, 0.25) is 10.0 Å². The summed E-state index contributed by atoms with van der Waals surface area (Å²) in [5.74, 6) is 0.802. The summed E-state index contributed by atoms with van der Waals surface area (Å²) in [6.07, 6.45) is 0.897. The smallest absolute Gasteiger partial charge is 0.115 e. The van der Waals surface area contributed by atoms with Gasteiger partial charge in [0.25, 0.3) is 0 Å². The topological polar surface area (TPSA) is 63.4 Å². The van der Waals surface area contributed by atoms with E-state index in [-0.39, 0.29) is 6.04 Å². The van der Waals surface area contributed by atoms with E-state index in [1.54, 1.807) is 6.07 Å². The zero-order valence-corrected chi connectivity index (χ0v) is 18.8. The lowest BCUT2D eigenvalue weighted by atomic mass is 10.0. The maximum absolute atomic E-state index is 7.32. The van der Waals surface area contributed by atoms with Gasteiger partial charge in [-0.25, -0.2) is 5.01 Å². The molecule has 1 unspecified atom stereocenters. The Kier molecular flexibility index (Phi) is 9.69. The molecule has 2 N–H and O–H groups in total. The van der Waals surface area contributed by atoms with Crippen LogP contribution in [0.25, 0.3) is 0 Å².